The fourth-order valence-electron chi connectivity index (χ4n) is 2.31. The third-order valence-corrected chi connectivity index (χ3v) is 3.76. The smallest absolute Gasteiger partial charge is 0.326 e. The van der Waals surface area contributed by atoms with Crippen molar-refractivity contribution in [3.63, 3.8) is 0 Å². The van der Waals surface area contributed by atoms with Crippen LogP contribution in [0.1, 0.15) is 18.4 Å². The van der Waals surface area contributed by atoms with E-state index in [0.29, 0.717) is 5.56 Å². The van der Waals surface area contributed by atoms with Gasteiger partial charge in [-0.1, -0.05) is 12.1 Å². The number of amides is 3. The molecule has 1 aromatic carbocycles. The topological polar surface area (TPSA) is 222 Å². The largest absolute Gasteiger partial charge is 0.508 e. The first-order valence-electron chi connectivity index (χ1n) is 8.36. The van der Waals surface area contributed by atoms with Crippen molar-refractivity contribution in [2.45, 2.75) is 37.4 Å². The molecule has 0 aromatic heterocycles. The Morgan fingerprint density at radius 1 is 0.897 bits per heavy atom. The summed E-state index contributed by atoms with van der Waals surface area (Å²) in [6, 6.07) is 1.23. The number of aliphatic carboxylic acids is 2. The SMILES string of the molecule is NC(=O)CC(N)C(=O)NC(Cc1ccc(O)cc1)C(=O)NC(CC(=O)O)C(=O)O. The van der Waals surface area contributed by atoms with Crippen LogP contribution in [0.5, 0.6) is 5.75 Å². The summed E-state index contributed by atoms with van der Waals surface area (Å²) in [6.07, 6.45) is -1.47. The first-order chi connectivity index (χ1) is 13.5. The van der Waals surface area contributed by atoms with E-state index < -0.39 is 60.6 Å². The molecule has 0 bridgehead atoms. The van der Waals surface area contributed by atoms with E-state index in [-0.39, 0.29) is 12.2 Å². The summed E-state index contributed by atoms with van der Waals surface area (Å²) in [7, 11) is 0. The van der Waals surface area contributed by atoms with Crippen LogP contribution in [0.25, 0.3) is 0 Å². The number of nitrogens with two attached hydrogens (primary N) is 2. The second kappa shape index (κ2) is 10.6. The minimum absolute atomic E-state index is 0.0327. The van der Waals surface area contributed by atoms with Crippen LogP contribution in [0.3, 0.4) is 0 Å². The van der Waals surface area contributed by atoms with Crippen LogP contribution in [0, 0.1) is 0 Å². The molecular weight excluding hydrogens is 388 g/mol. The van der Waals surface area contributed by atoms with Gasteiger partial charge in [0.2, 0.25) is 17.7 Å². The normalized spacial score (nSPS) is 13.6. The number of benzene rings is 1. The van der Waals surface area contributed by atoms with Crippen molar-refractivity contribution >= 4 is 29.7 Å². The quantitative estimate of drug-likeness (QED) is 0.207. The number of nitrogens with one attached hydrogen (secondary N) is 2. The number of hydrogen-bond donors (Lipinski definition) is 7. The molecular formula is C17H22N4O8. The third kappa shape index (κ3) is 8.26. The number of primary amides is 1. The first kappa shape index (κ1) is 23.4. The highest BCUT2D eigenvalue weighted by Crippen LogP contribution is 2.12. The Morgan fingerprint density at radius 3 is 1.93 bits per heavy atom. The average Bonchev–Trinajstić information content (AvgIpc) is 2.61. The van der Waals surface area contributed by atoms with Crippen LogP contribution in [0.4, 0.5) is 0 Å². The zero-order valence-corrected chi connectivity index (χ0v) is 15.2. The van der Waals surface area contributed by atoms with Gasteiger partial charge >= 0.3 is 11.9 Å². The summed E-state index contributed by atoms with van der Waals surface area (Å²) in [5, 5.41) is 31.5. The van der Waals surface area contributed by atoms with Crippen LogP contribution < -0.4 is 22.1 Å². The number of carboxylic acids is 2. The molecule has 0 heterocycles. The van der Waals surface area contributed by atoms with Crippen molar-refractivity contribution in [3.05, 3.63) is 29.8 Å². The molecule has 0 spiro atoms. The summed E-state index contributed by atoms with van der Waals surface area (Å²) in [4.78, 5) is 57.6. The van der Waals surface area contributed by atoms with Gasteiger partial charge in [-0.05, 0) is 17.7 Å². The second-order valence-corrected chi connectivity index (χ2v) is 6.21. The van der Waals surface area contributed by atoms with Crippen molar-refractivity contribution < 1.29 is 39.3 Å². The predicted octanol–water partition coefficient (Wildman–Crippen LogP) is -2.33. The molecule has 158 valence electrons. The molecule has 3 amide bonds. The number of phenolic OH excluding ortho intramolecular Hbond substituents is 1. The number of carbonyl (C=O) groups excluding carboxylic acids is 3. The van der Waals surface area contributed by atoms with Gasteiger partial charge in [0.25, 0.3) is 0 Å². The van der Waals surface area contributed by atoms with E-state index >= 15 is 0 Å². The molecule has 0 aliphatic carbocycles. The molecule has 0 aliphatic rings. The molecule has 9 N–H and O–H groups in total. The zero-order valence-electron chi connectivity index (χ0n) is 15.2. The Kier molecular flexibility index (Phi) is 8.55. The molecule has 0 saturated carbocycles. The Balaban J connectivity index is 3.00. The van der Waals surface area contributed by atoms with Crippen molar-refractivity contribution in [1.29, 1.82) is 0 Å². The molecule has 0 saturated heterocycles. The van der Waals surface area contributed by atoms with Gasteiger partial charge in [-0.15, -0.1) is 0 Å². The number of hydrogen-bond acceptors (Lipinski definition) is 7. The van der Waals surface area contributed by atoms with Crippen LogP contribution in [0.15, 0.2) is 24.3 Å². The molecule has 0 fully saturated rings. The lowest BCUT2D eigenvalue weighted by atomic mass is 10.0. The lowest BCUT2D eigenvalue weighted by Gasteiger charge is -2.22. The Morgan fingerprint density at radius 2 is 1.45 bits per heavy atom. The number of carbonyl (C=O) groups is 5. The van der Waals surface area contributed by atoms with Crippen LogP contribution in [-0.4, -0.2) is 63.1 Å². The van der Waals surface area contributed by atoms with Crippen molar-refractivity contribution in [3.8, 4) is 5.75 Å². The van der Waals surface area contributed by atoms with E-state index in [1.54, 1.807) is 0 Å². The highest BCUT2D eigenvalue weighted by atomic mass is 16.4. The second-order valence-electron chi connectivity index (χ2n) is 6.21. The highest BCUT2D eigenvalue weighted by molar-refractivity contribution is 5.94. The first-order valence-corrected chi connectivity index (χ1v) is 8.36. The van der Waals surface area contributed by atoms with E-state index in [9.17, 15) is 29.1 Å². The number of phenols is 1. The lowest BCUT2D eigenvalue weighted by molar-refractivity contribution is -0.147. The van der Waals surface area contributed by atoms with Gasteiger partial charge < -0.3 is 37.4 Å². The fourth-order valence-corrected chi connectivity index (χ4v) is 2.31. The van der Waals surface area contributed by atoms with Gasteiger partial charge in [0.15, 0.2) is 0 Å². The van der Waals surface area contributed by atoms with E-state index in [2.05, 4.69) is 5.32 Å². The maximum atomic E-state index is 12.5. The van der Waals surface area contributed by atoms with Gasteiger partial charge in [-0.3, -0.25) is 19.2 Å². The molecule has 3 unspecified atom stereocenters. The summed E-state index contributed by atoms with van der Waals surface area (Å²) in [6.45, 7) is 0. The van der Waals surface area contributed by atoms with Crippen LogP contribution in [-0.2, 0) is 30.4 Å². The molecule has 12 nitrogen and oxygen atoms in total. The monoisotopic (exact) mass is 410 g/mol. The van der Waals surface area contributed by atoms with Gasteiger partial charge in [-0.25, -0.2) is 4.79 Å². The van der Waals surface area contributed by atoms with Gasteiger partial charge in [0, 0.05) is 6.42 Å². The standard InChI is InChI=1S/C17H22N4O8/c18-10(6-13(19)23)15(26)20-11(5-8-1-3-9(22)4-2-8)16(27)21-12(17(28)29)7-14(24)25/h1-4,10-12,22H,5-7,18H2,(H2,19,23)(H,20,26)(H,21,27)(H,24,25)(H,28,29). The molecule has 0 radical (unpaired) electrons. The Bertz CT molecular complexity index is 780. The van der Waals surface area contributed by atoms with Crippen molar-refractivity contribution in [1.82, 2.24) is 10.6 Å². The lowest BCUT2D eigenvalue weighted by Crippen LogP contribution is -2.55. The summed E-state index contributed by atoms with van der Waals surface area (Å²) in [5.41, 5.74) is 11.0. The molecule has 1 aromatic rings. The van der Waals surface area contributed by atoms with E-state index in [1.807, 2.05) is 5.32 Å². The number of rotatable bonds is 11. The van der Waals surface area contributed by atoms with Crippen LogP contribution >= 0.6 is 0 Å². The van der Waals surface area contributed by atoms with Crippen LogP contribution in [0.2, 0.25) is 0 Å². The number of carboxylic acid groups (broad SMARTS) is 2. The summed E-state index contributed by atoms with van der Waals surface area (Å²) in [5.74, 6) is -5.73. The van der Waals surface area contributed by atoms with E-state index in [1.165, 1.54) is 24.3 Å². The minimum Gasteiger partial charge on any atom is -0.508 e. The van der Waals surface area contributed by atoms with Gasteiger partial charge in [0.05, 0.1) is 18.9 Å². The Labute approximate surface area is 164 Å². The highest BCUT2D eigenvalue weighted by Gasteiger charge is 2.29. The molecule has 0 aliphatic heterocycles. The number of aromatic hydroxyl groups is 1. The summed E-state index contributed by atoms with van der Waals surface area (Å²) < 4.78 is 0. The summed E-state index contributed by atoms with van der Waals surface area (Å²) >= 11 is 0. The molecule has 3 atom stereocenters. The third-order valence-electron chi connectivity index (χ3n) is 3.76. The zero-order chi connectivity index (χ0) is 22.1. The van der Waals surface area contributed by atoms with Crippen molar-refractivity contribution in [2.75, 3.05) is 0 Å². The molecule has 29 heavy (non-hydrogen) atoms. The van der Waals surface area contributed by atoms with E-state index in [4.69, 9.17) is 21.7 Å². The fraction of sp³-hybridized carbons (Fsp3) is 0.353. The molecule has 12 heteroatoms. The predicted molar refractivity (Wildman–Crippen MR) is 97.3 cm³/mol. The van der Waals surface area contributed by atoms with Gasteiger partial charge in [-0.2, -0.15) is 0 Å². The van der Waals surface area contributed by atoms with Crippen molar-refractivity contribution in [2.24, 2.45) is 11.5 Å². The van der Waals surface area contributed by atoms with E-state index in [0.717, 1.165) is 0 Å². The maximum Gasteiger partial charge on any atom is 0.326 e. The Hall–Kier alpha value is -3.67. The minimum atomic E-state index is -1.72. The average molecular weight is 410 g/mol. The van der Waals surface area contributed by atoms with Gasteiger partial charge in [0.1, 0.15) is 17.8 Å². The maximum absolute atomic E-state index is 12.5. The molecule has 1 rings (SSSR count).